The molecular formula is C21H24N2O5S. The van der Waals surface area contributed by atoms with Crippen LogP contribution < -0.4 is 5.32 Å². The number of esters is 1. The molecule has 0 aliphatic carbocycles. The lowest BCUT2D eigenvalue weighted by atomic mass is 9.98. The molecule has 2 aromatic carbocycles. The van der Waals surface area contributed by atoms with E-state index in [1.54, 1.807) is 61.5 Å². The summed E-state index contributed by atoms with van der Waals surface area (Å²) >= 11 is 0. The molecular weight excluding hydrogens is 392 g/mol. The zero-order chi connectivity index (χ0) is 20.9. The third-order valence-corrected chi connectivity index (χ3v) is 6.68. The summed E-state index contributed by atoms with van der Waals surface area (Å²) in [7, 11) is -3.62. The Morgan fingerprint density at radius 3 is 2.45 bits per heavy atom. The maximum atomic E-state index is 12.8. The number of rotatable bonds is 6. The number of benzene rings is 2. The van der Waals surface area contributed by atoms with Gasteiger partial charge in [-0.3, -0.25) is 4.79 Å². The molecule has 8 heteroatoms. The first-order chi connectivity index (χ1) is 13.9. The lowest BCUT2D eigenvalue weighted by Crippen LogP contribution is -2.43. The highest BCUT2D eigenvalue weighted by Gasteiger charge is 2.33. The predicted molar refractivity (Wildman–Crippen MR) is 109 cm³/mol. The van der Waals surface area contributed by atoms with Crippen molar-refractivity contribution >= 4 is 27.6 Å². The number of amides is 1. The van der Waals surface area contributed by atoms with E-state index in [0.29, 0.717) is 37.2 Å². The van der Waals surface area contributed by atoms with E-state index in [1.165, 1.54) is 4.31 Å². The Hall–Kier alpha value is -2.71. The van der Waals surface area contributed by atoms with Crippen molar-refractivity contribution in [1.29, 1.82) is 0 Å². The monoisotopic (exact) mass is 416 g/mol. The molecule has 0 aromatic heterocycles. The minimum atomic E-state index is -3.62. The second-order valence-corrected chi connectivity index (χ2v) is 8.74. The van der Waals surface area contributed by atoms with Crippen molar-refractivity contribution in [3.05, 3.63) is 60.2 Å². The van der Waals surface area contributed by atoms with E-state index in [1.807, 2.05) is 0 Å². The molecule has 0 unspecified atom stereocenters. The number of hydrogen-bond acceptors (Lipinski definition) is 5. The maximum Gasteiger partial charge on any atom is 0.338 e. The normalized spacial score (nSPS) is 17.5. The molecule has 1 aliphatic heterocycles. The van der Waals surface area contributed by atoms with E-state index in [2.05, 4.69) is 5.32 Å². The minimum absolute atomic E-state index is 0.143. The van der Waals surface area contributed by atoms with Crippen molar-refractivity contribution in [3.8, 4) is 0 Å². The van der Waals surface area contributed by atoms with Crippen molar-refractivity contribution in [3.63, 3.8) is 0 Å². The summed E-state index contributed by atoms with van der Waals surface area (Å²) in [6.45, 7) is 2.57. The van der Waals surface area contributed by atoms with Crippen LogP contribution in [0.3, 0.4) is 0 Å². The molecule has 1 N–H and O–H groups in total. The molecule has 0 spiro atoms. The quantitative estimate of drug-likeness (QED) is 0.731. The number of carbonyl (C=O) groups excluding carboxylic acids is 2. The van der Waals surface area contributed by atoms with Crippen molar-refractivity contribution in [1.82, 2.24) is 4.31 Å². The van der Waals surface area contributed by atoms with Crippen LogP contribution in [-0.2, 0) is 19.6 Å². The van der Waals surface area contributed by atoms with Crippen LogP contribution >= 0.6 is 0 Å². The summed E-state index contributed by atoms with van der Waals surface area (Å²) in [5, 5.41) is 2.81. The van der Waals surface area contributed by atoms with Crippen LogP contribution in [-0.4, -0.2) is 44.3 Å². The largest absolute Gasteiger partial charge is 0.462 e. The highest BCUT2D eigenvalue weighted by Crippen LogP contribution is 2.25. The molecule has 7 nitrogen and oxygen atoms in total. The van der Waals surface area contributed by atoms with E-state index in [0.717, 1.165) is 0 Å². The van der Waals surface area contributed by atoms with Crippen molar-refractivity contribution in [2.24, 2.45) is 5.92 Å². The van der Waals surface area contributed by atoms with Crippen LogP contribution in [0.4, 0.5) is 5.69 Å². The van der Waals surface area contributed by atoms with Crippen LogP contribution in [0.15, 0.2) is 59.5 Å². The van der Waals surface area contributed by atoms with Gasteiger partial charge in [0.2, 0.25) is 15.9 Å². The fourth-order valence-electron chi connectivity index (χ4n) is 3.26. The van der Waals surface area contributed by atoms with Gasteiger partial charge in [0, 0.05) is 18.8 Å². The topological polar surface area (TPSA) is 92.8 Å². The van der Waals surface area contributed by atoms with Gasteiger partial charge in [0.25, 0.3) is 0 Å². The predicted octanol–water partition coefficient (Wildman–Crippen LogP) is 2.90. The van der Waals surface area contributed by atoms with Crippen molar-refractivity contribution in [2.45, 2.75) is 24.7 Å². The van der Waals surface area contributed by atoms with Gasteiger partial charge in [-0.25, -0.2) is 13.2 Å². The number of carbonyl (C=O) groups is 2. The molecule has 1 saturated heterocycles. The van der Waals surface area contributed by atoms with Crippen LogP contribution in [0.25, 0.3) is 0 Å². The molecule has 0 radical (unpaired) electrons. The first-order valence-electron chi connectivity index (χ1n) is 9.55. The average Bonchev–Trinajstić information content (AvgIpc) is 2.75. The van der Waals surface area contributed by atoms with E-state index in [4.69, 9.17) is 4.74 Å². The molecule has 1 atom stereocenters. The van der Waals surface area contributed by atoms with Crippen LogP contribution in [0.1, 0.15) is 30.1 Å². The van der Waals surface area contributed by atoms with E-state index in [-0.39, 0.29) is 17.3 Å². The fourth-order valence-corrected chi connectivity index (χ4v) is 4.81. The number of hydrogen-bond donors (Lipinski definition) is 1. The molecule has 0 saturated carbocycles. The van der Waals surface area contributed by atoms with Gasteiger partial charge in [0.1, 0.15) is 0 Å². The number of piperidine rings is 1. The summed E-state index contributed by atoms with van der Waals surface area (Å²) in [6.07, 6.45) is 1.24. The van der Waals surface area contributed by atoms with Gasteiger partial charge in [-0.05, 0) is 56.2 Å². The van der Waals surface area contributed by atoms with Gasteiger partial charge in [-0.1, -0.05) is 18.2 Å². The van der Waals surface area contributed by atoms with Gasteiger partial charge in [0.05, 0.1) is 23.0 Å². The third-order valence-electron chi connectivity index (χ3n) is 4.80. The molecule has 1 fully saturated rings. The second-order valence-electron chi connectivity index (χ2n) is 6.80. The standard InChI is InChI=1S/C21H24N2O5S/c1-2-28-21(25)16-10-12-18(13-11-16)22-20(24)17-7-6-14-23(15-17)29(26,27)19-8-4-3-5-9-19/h3-5,8-13,17H,2,6-7,14-15H2,1H3,(H,22,24)/t17-/m0/s1. The smallest absolute Gasteiger partial charge is 0.338 e. The number of ether oxygens (including phenoxy) is 1. The summed E-state index contributed by atoms with van der Waals surface area (Å²) in [5.41, 5.74) is 0.953. The summed E-state index contributed by atoms with van der Waals surface area (Å²) in [5.74, 6) is -1.09. The second kappa shape index (κ2) is 9.19. The molecule has 154 valence electrons. The molecule has 29 heavy (non-hydrogen) atoms. The van der Waals surface area contributed by atoms with E-state index >= 15 is 0 Å². The zero-order valence-electron chi connectivity index (χ0n) is 16.2. The van der Waals surface area contributed by atoms with Crippen LogP contribution in [0.5, 0.6) is 0 Å². The van der Waals surface area contributed by atoms with E-state index < -0.39 is 21.9 Å². The van der Waals surface area contributed by atoms with Gasteiger partial charge in [-0.2, -0.15) is 4.31 Å². The molecule has 1 amide bonds. The van der Waals surface area contributed by atoms with Gasteiger partial charge in [-0.15, -0.1) is 0 Å². The van der Waals surface area contributed by atoms with Crippen molar-refractivity contribution in [2.75, 3.05) is 25.0 Å². The summed E-state index contributed by atoms with van der Waals surface area (Å²) < 4.78 is 31.9. The Morgan fingerprint density at radius 1 is 1.10 bits per heavy atom. The SMILES string of the molecule is CCOC(=O)c1ccc(NC(=O)[C@H]2CCCN(S(=O)(=O)c3ccccc3)C2)cc1. The average molecular weight is 416 g/mol. The Labute approximate surface area is 170 Å². The molecule has 3 rings (SSSR count). The number of sulfonamides is 1. The third kappa shape index (κ3) is 5.02. The van der Waals surface area contributed by atoms with Crippen molar-refractivity contribution < 1.29 is 22.7 Å². The number of nitrogens with zero attached hydrogens (tertiary/aromatic N) is 1. The lowest BCUT2D eigenvalue weighted by Gasteiger charge is -2.31. The Kier molecular flexibility index (Phi) is 6.66. The van der Waals surface area contributed by atoms with Gasteiger partial charge >= 0.3 is 5.97 Å². The van der Waals surface area contributed by atoms with Gasteiger partial charge in [0.15, 0.2) is 0 Å². The Balaban J connectivity index is 1.65. The first-order valence-corrected chi connectivity index (χ1v) is 11.0. The number of nitrogens with one attached hydrogen (secondary N) is 1. The van der Waals surface area contributed by atoms with E-state index in [9.17, 15) is 18.0 Å². The molecule has 1 heterocycles. The Bertz CT molecular complexity index is 958. The summed E-state index contributed by atoms with van der Waals surface area (Å²) in [6, 6.07) is 14.7. The van der Waals surface area contributed by atoms with Crippen LogP contribution in [0, 0.1) is 5.92 Å². The summed E-state index contributed by atoms with van der Waals surface area (Å²) in [4.78, 5) is 24.6. The fraction of sp³-hybridized carbons (Fsp3) is 0.333. The minimum Gasteiger partial charge on any atom is -0.462 e. The first kappa shape index (κ1) is 21.0. The maximum absolute atomic E-state index is 12.8. The highest BCUT2D eigenvalue weighted by molar-refractivity contribution is 7.89. The Morgan fingerprint density at radius 2 is 1.79 bits per heavy atom. The number of anilines is 1. The zero-order valence-corrected chi connectivity index (χ0v) is 17.0. The molecule has 1 aliphatic rings. The highest BCUT2D eigenvalue weighted by atomic mass is 32.2. The van der Waals surface area contributed by atoms with Crippen LogP contribution in [0.2, 0.25) is 0 Å². The molecule has 0 bridgehead atoms. The van der Waals surface area contributed by atoms with Gasteiger partial charge < -0.3 is 10.1 Å². The lowest BCUT2D eigenvalue weighted by molar-refractivity contribution is -0.120. The molecule has 2 aromatic rings.